The molecule has 0 fully saturated rings. The van der Waals surface area contributed by atoms with Crippen LogP contribution in [0.2, 0.25) is 0 Å². The van der Waals surface area contributed by atoms with Crippen LogP contribution in [-0.2, 0) is 0 Å². The van der Waals surface area contributed by atoms with Gasteiger partial charge in [0.2, 0.25) is 0 Å². The van der Waals surface area contributed by atoms with Crippen molar-refractivity contribution in [3.8, 4) is 0 Å². The van der Waals surface area contributed by atoms with Gasteiger partial charge in [0, 0.05) is 26.0 Å². The van der Waals surface area contributed by atoms with Crippen molar-refractivity contribution in [2.75, 3.05) is 13.6 Å². The van der Waals surface area contributed by atoms with E-state index in [4.69, 9.17) is 0 Å². The van der Waals surface area contributed by atoms with Crippen molar-refractivity contribution < 1.29 is 0 Å². The van der Waals surface area contributed by atoms with E-state index in [1.165, 1.54) is 167 Å². The predicted octanol–water partition coefficient (Wildman–Crippen LogP) is 10.8. The van der Waals surface area contributed by atoms with E-state index in [-0.39, 0.29) is 0 Å². The van der Waals surface area contributed by atoms with Gasteiger partial charge < -0.3 is 9.80 Å². The van der Waals surface area contributed by atoms with Gasteiger partial charge in [0.25, 0.3) is 0 Å². The quantitative estimate of drug-likeness (QED) is 0.114. The Balaban J connectivity index is 1.91. The maximum atomic E-state index is 2.62. The van der Waals surface area contributed by atoms with E-state index in [9.17, 15) is 0 Å². The third-order valence-corrected chi connectivity index (χ3v) is 7.93. The first kappa shape index (κ1) is 31.4. The van der Waals surface area contributed by atoms with Gasteiger partial charge in [-0.1, -0.05) is 155 Å². The van der Waals surface area contributed by atoms with Crippen LogP contribution in [0.4, 0.5) is 0 Å². The fraction of sp³-hybridized carbons (Fsp3) is 0.938. The van der Waals surface area contributed by atoms with Gasteiger partial charge >= 0.3 is 0 Å². The monoisotopic (exact) mass is 477 g/mol. The summed E-state index contributed by atoms with van der Waals surface area (Å²) in [5, 5.41) is 0. The molecule has 1 aliphatic rings. The second-order valence-electron chi connectivity index (χ2n) is 11.2. The number of hydrogen-bond acceptors (Lipinski definition) is 2. The summed E-state index contributed by atoms with van der Waals surface area (Å²) in [5.74, 6) is 0. The summed E-state index contributed by atoms with van der Waals surface area (Å²) in [4.78, 5) is 5.06. The summed E-state index contributed by atoms with van der Waals surface area (Å²) in [6.45, 7) is 5.86. The maximum absolute atomic E-state index is 2.62. The van der Waals surface area contributed by atoms with E-state index in [1.54, 1.807) is 0 Å². The van der Waals surface area contributed by atoms with E-state index < -0.39 is 0 Å². The fourth-order valence-corrected chi connectivity index (χ4v) is 5.52. The molecule has 1 aliphatic heterocycles. The smallest absolute Gasteiger partial charge is 0.100 e. The molecule has 202 valence electrons. The first-order chi connectivity index (χ1) is 16.8. The molecule has 0 bridgehead atoms. The van der Waals surface area contributed by atoms with Gasteiger partial charge in [0.1, 0.15) is 6.17 Å². The second kappa shape index (κ2) is 24.1. The van der Waals surface area contributed by atoms with Gasteiger partial charge in [-0.25, -0.2) is 0 Å². The zero-order valence-electron chi connectivity index (χ0n) is 24.0. The fourth-order valence-electron chi connectivity index (χ4n) is 5.52. The summed E-state index contributed by atoms with van der Waals surface area (Å²) in [5.41, 5.74) is 0. The minimum absolute atomic E-state index is 0.621. The minimum Gasteiger partial charge on any atom is -0.359 e. The number of nitrogens with zero attached hydrogens (tertiary/aromatic N) is 2. The molecule has 0 aliphatic carbocycles. The first-order valence-electron chi connectivity index (χ1n) is 16.0. The van der Waals surface area contributed by atoms with Crippen LogP contribution in [0.1, 0.15) is 174 Å². The average Bonchev–Trinajstić information content (AvgIpc) is 3.19. The van der Waals surface area contributed by atoms with Crippen LogP contribution in [0.15, 0.2) is 12.4 Å². The summed E-state index contributed by atoms with van der Waals surface area (Å²) < 4.78 is 0. The van der Waals surface area contributed by atoms with Crippen molar-refractivity contribution in [1.82, 2.24) is 9.80 Å². The molecule has 1 heterocycles. The molecule has 0 amide bonds. The first-order valence-corrected chi connectivity index (χ1v) is 16.0. The van der Waals surface area contributed by atoms with Crippen molar-refractivity contribution >= 4 is 0 Å². The molecule has 0 saturated carbocycles. The Labute approximate surface area is 216 Å². The predicted molar refractivity (Wildman–Crippen MR) is 154 cm³/mol. The summed E-state index contributed by atoms with van der Waals surface area (Å²) >= 11 is 0. The summed E-state index contributed by atoms with van der Waals surface area (Å²) in [6.07, 6.45) is 41.1. The molecular weight excluding hydrogens is 412 g/mol. The second-order valence-corrected chi connectivity index (χ2v) is 11.2. The molecule has 0 aromatic rings. The van der Waals surface area contributed by atoms with Crippen LogP contribution in [-0.4, -0.2) is 29.6 Å². The van der Waals surface area contributed by atoms with Gasteiger partial charge in [0.15, 0.2) is 0 Å². The highest BCUT2D eigenvalue weighted by Crippen LogP contribution is 2.22. The number of rotatable bonds is 26. The van der Waals surface area contributed by atoms with Gasteiger partial charge in [-0.3, -0.25) is 0 Å². The highest BCUT2D eigenvalue weighted by Gasteiger charge is 2.22. The molecule has 0 saturated heterocycles. The molecule has 0 aromatic carbocycles. The maximum Gasteiger partial charge on any atom is 0.100 e. The Morgan fingerprint density at radius 3 is 1.21 bits per heavy atom. The summed E-state index contributed by atoms with van der Waals surface area (Å²) in [7, 11) is 2.27. The Morgan fingerprint density at radius 1 is 0.441 bits per heavy atom. The molecule has 0 spiro atoms. The van der Waals surface area contributed by atoms with Crippen LogP contribution in [0.5, 0.6) is 0 Å². The Hall–Kier alpha value is -0.660. The SMILES string of the molecule is CCCCCCCCCCCCCCCC1N(C)C=CN1CCCCCCCCCCCCC. The van der Waals surface area contributed by atoms with E-state index >= 15 is 0 Å². The Bertz CT molecular complexity index is 433. The third-order valence-electron chi connectivity index (χ3n) is 7.93. The molecule has 1 atom stereocenters. The lowest BCUT2D eigenvalue weighted by molar-refractivity contribution is 0.159. The van der Waals surface area contributed by atoms with Crippen molar-refractivity contribution in [3.05, 3.63) is 12.4 Å². The molecule has 0 radical (unpaired) electrons. The lowest BCUT2D eigenvalue weighted by Crippen LogP contribution is -2.37. The largest absolute Gasteiger partial charge is 0.359 e. The Kier molecular flexibility index (Phi) is 22.2. The van der Waals surface area contributed by atoms with Crippen LogP contribution in [0.25, 0.3) is 0 Å². The van der Waals surface area contributed by atoms with Gasteiger partial charge in [0.05, 0.1) is 0 Å². The van der Waals surface area contributed by atoms with Crippen molar-refractivity contribution in [2.45, 2.75) is 181 Å². The van der Waals surface area contributed by atoms with E-state index in [0.717, 1.165) is 0 Å². The zero-order chi connectivity index (χ0) is 24.5. The lowest BCUT2D eigenvalue weighted by Gasteiger charge is -2.30. The standard InChI is InChI=1S/C32H64N2/c1-4-6-8-10-12-14-16-17-18-20-22-24-26-28-32-33(3)30-31-34(32)29-27-25-23-21-19-15-13-11-9-7-5-2/h30-32H,4-29H2,1-3H3. The third kappa shape index (κ3) is 17.7. The van der Waals surface area contributed by atoms with Gasteiger partial charge in [-0.05, 0) is 19.3 Å². The molecule has 1 unspecified atom stereocenters. The zero-order valence-corrected chi connectivity index (χ0v) is 24.0. The van der Waals surface area contributed by atoms with Gasteiger partial charge in [-0.2, -0.15) is 0 Å². The minimum atomic E-state index is 0.621. The molecule has 34 heavy (non-hydrogen) atoms. The molecule has 1 rings (SSSR count). The average molecular weight is 477 g/mol. The van der Waals surface area contributed by atoms with Crippen LogP contribution >= 0.6 is 0 Å². The Morgan fingerprint density at radius 2 is 0.794 bits per heavy atom. The van der Waals surface area contributed by atoms with E-state index in [0.29, 0.717) is 6.17 Å². The van der Waals surface area contributed by atoms with Crippen molar-refractivity contribution in [1.29, 1.82) is 0 Å². The number of hydrogen-bond donors (Lipinski definition) is 0. The molecule has 0 N–H and O–H groups in total. The topological polar surface area (TPSA) is 6.48 Å². The highest BCUT2D eigenvalue weighted by atomic mass is 15.4. The molecular formula is C32H64N2. The van der Waals surface area contributed by atoms with Crippen molar-refractivity contribution in [3.63, 3.8) is 0 Å². The lowest BCUT2D eigenvalue weighted by atomic mass is 10.0. The molecule has 0 aromatic heterocycles. The summed E-state index contributed by atoms with van der Waals surface area (Å²) in [6, 6.07) is 0. The van der Waals surface area contributed by atoms with Crippen LogP contribution < -0.4 is 0 Å². The van der Waals surface area contributed by atoms with E-state index in [2.05, 4.69) is 43.1 Å². The van der Waals surface area contributed by atoms with Gasteiger partial charge in [-0.15, -0.1) is 0 Å². The highest BCUT2D eigenvalue weighted by molar-refractivity contribution is 4.95. The van der Waals surface area contributed by atoms with Crippen molar-refractivity contribution in [2.24, 2.45) is 0 Å². The van der Waals surface area contributed by atoms with E-state index in [1.807, 2.05) is 0 Å². The van der Waals surface area contributed by atoms with Crippen LogP contribution in [0, 0.1) is 0 Å². The number of unbranched alkanes of at least 4 members (excludes halogenated alkanes) is 22. The molecule has 2 nitrogen and oxygen atoms in total. The van der Waals surface area contributed by atoms with Crippen LogP contribution in [0.3, 0.4) is 0 Å². The molecule has 2 heteroatoms. The normalized spacial score (nSPS) is 15.7.